The lowest BCUT2D eigenvalue weighted by Gasteiger charge is -2.46. The summed E-state index contributed by atoms with van der Waals surface area (Å²) in [5, 5.41) is 20.3. The third kappa shape index (κ3) is 4.53. The lowest BCUT2D eigenvalue weighted by Crippen LogP contribution is -3.20. The number of carbonyl (C=O) groups excluding carboxylic acids is 2. The monoisotopic (exact) mass is 416 g/mol. The number of quaternary nitrogens is 1. The van der Waals surface area contributed by atoms with Crippen LogP contribution in [0.5, 0.6) is 0 Å². The SMILES string of the molecule is Cn1nc(-c2cccs2)cc1[C@H]1C[NH+]2CC[C@H]1C[C@@H]2CNC(=O)CCCC(=O)[O-]. The summed E-state index contributed by atoms with van der Waals surface area (Å²) in [6.45, 7) is 2.91. The summed E-state index contributed by atoms with van der Waals surface area (Å²) in [6, 6.07) is 6.88. The van der Waals surface area contributed by atoms with Crippen LogP contribution >= 0.6 is 11.3 Å². The fourth-order valence-electron chi connectivity index (χ4n) is 4.97. The Bertz CT molecular complexity index is 863. The van der Waals surface area contributed by atoms with Crippen LogP contribution in [0.1, 0.15) is 43.7 Å². The highest BCUT2D eigenvalue weighted by Crippen LogP contribution is 2.36. The Hall–Kier alpha value is -2.19. The number of hydrogen-bond donors (Lipinski definition) is 2. The van der Waals surface area contributed by atoms with Crippen LogP contribution in [0.15, 0.2) is 23.6 Å². The van der Waals surface area contributed by atoms with Gasteiger partial charge >= 0.3 is 0 Å². The van der Waals surface area contributed by atoms with Crippen LogP contribution in [0.25, 0.3) is 10.6 Å². The predicted molar refractivity (Wildman–Crippen MR) is 108 cm³/mol. The van der Waals surface area contributed by atoms with Crippen LogP contribution in [-0.4, -0.2) is 47.3 Å². The number of carboxylic acids is 1. The largest absolute Gasteiger partial charge is 0.550 e. The van der Waals surface area contributed by atoms with E-state index in [0.717, 1.165) is 25.2 Å². The molecule has 3 fully saturated rings. The summed E-state index contributed by atoms with van der Waals surface area (Å²) in [4.78, 5) is 25.2. The van der Waals surface area contributed by atoms with Crippen LogP contribution in [-0.2, 0) is 16.6 Å². The minimum absolute atomic E-state index is 0.0583. The van der Waals surface area contributed by atoms with E-state index in [-0.39, 0.29) is 18.7 Å². The molecule has 7 nitrogen and oxygen atoms in total. The molecule has 3 aliphatic heterocycles. The number of nitrogens with one attached hydrogen (secondary N) is 2. The van der Waals surface area contributed by atoms with E-state index < -0.39 is 5.97 Å². The number of aromatic nitrogens is 2. The molecule has 5 heterocycles. The predicted octanol–water partition coefficient (Wildman–Crippen LogP) is -0.0543. The zero-order chi connectivity index (χ0) is 20.4. The van der Waals surface area contributed by atoms with Gasteiger partial charge in [-0.1, -0.05) is 6.07 Å². The Balaban J connectivity index is 1.34. The minimum Gasteiger partial charge on any atom is -0.550 e. The van der Waals surface area contributed by atoms with Gasteiger partial charge in [-0.05, 0) is 36.3 Å². The molecule has 1 amide bonds. The fraction of sp³-hybridized carbons (Fsp3) is 0.571. The third-order valence-electron chi connectivity index (χ3n) is 6.45. The summed E-state index contributed by atoms with van der Waals surface area (Å²) < 4.78 is 2.05. The molecule has 0 aliphatic carbocycles. The third-order valence-corrected chi connectivity index (χ3v) is 7.34. The van der Waals surface area contributed by atoms with Gasteiger partial charge in [0.1, 0.15) is 11.7 Å². The van der Waals surface area contributed by atoms with Gasteiger partial charge in [0.25, 0.3) is 0 Å². The molecule has 156 valence electrons. The number of amides is 1. The van der Waals surface area contributed by atoms with Gasteiger partial charge in [-0.25, -0.2) is 0 Å². The normalized spacial score (nSPS) is 25.8. The van der Waals surface area contributed by atoms with Crippen LogP contribution in [0.2, 0.25) is 0 Å². The van der Waals surface area contributed by atoms with E-state index in [1.807, 2.05) is 7.05 Å². The molecule has 4 atom stereocenters. The Labute approximate surface area is 174 Å². The van der Waals surface area contributed by atoms with E-state index in [2.05, 4.69) is 33.6 Å². The summed E-state index contributed by atoms with van der Waals surface area (Å²) >= 11 is 1.72. The smallest absolute Gasteiger partial charge is 0.220 e. The van der Waals surface area contributed by atoms with Gasteiger partial charge in [-0.2, -0.15) is 5.10 Å². The van der Waals surface area contributed by atoms with Gasteiger partial charge in [-0.15, -0.1) is 11.3 Å². The van der Waals surface area contributed by atoms with Crippen LogP contribution in [0, 0.1) is 5.92 Å². The van der Waals surface area contributed by atoms with Crippen LogP contribution in [0.4, 0.5) is 0 Å². The molecule has 1 unspecified atom stereocenters. The summed E-state index contributed by atoms with van der Waals surface area (Å²) in [6.07, 6.45) is 2.86. The second kappa shape index (κ2) is 8.67. The van der Waals surface area contributed by atoms with Gasteiger partial charge in [0.05, 0.1) is 30.4 Å². The quantitative estimate of drug-likeness (QED) is 0.631. The van der Waals surface area contributed by atoms with Crippen molar-refractivity contribution in [1.82, 2.24) is 15.1 Å². The first-order valence-electron chi connectivity index (χ1n) is 10.4. The summed E-state index contributed by atoms with van der Waals surface area (Å²) in [5.41, 5.74) is 2.38. The highest BCUT2D eigenvalue weighted by molar-refractivity contribution is 7.13. The molecule has 3 aliphatic rings. The first-order valence-corrected chi connectivity index (χ1v) is 11.3. The molecule has 29 heavy (non-hydrogen) atoms. The van der Waals surface area contributed by atoms with Crippen molar-refractivity contribution < 1.29 is 19.6 Å². The Morgan fingerprint density at radius 2 is 2.28 bits per heavy atom. The second-order valence-corrected chi connectivity index (χ2v) is 9.23. The topological polar surface area (TPSA) is 91.5 Å². The van der Waals surface area contributed by atoms with Gasteiger partial charge in [0, 0.05) is 38.0 Å². The van der Waals surface area contributed by atoms with Gasteiger partial charge in [0.2, 0.25) is 5.91 Å². The number of hydrogen-bond acceptors (Lipinski definition) is 5. The maximum absolute atomic E-state index is 12.0. The number of thiophene rings is 1. The number of rotatable bonds is 8. The Morgan fingerprint density at radius 1 is 1.41 bits per heavy atom. The zero-order valence-corrected chi connectivity index (χ0v) is 17.5. The lowest BCUT2D eigenvalue weighted by molar-refractivity contribution is -0.942. The van der Waals surface area contributed by atoms with Crippen molar-refractivity contribution >= 4 is 23.2 Å². The van der Waals surface area contributed by atoms with E-state index in [9.17, 15) is 14.7 Å². The number of aryl methyl sites for hydroxylation is 1. The fourth-order valence-corrected chi connectivity index (χ4v) is 5.66. The van der Waals surface area contributed by atoms with Crippen molar-refractivity contribution in [3.63, 3.8) is 0 Å². The van der Waals surface area contributed by atoms with Gasteiger partial charge < -0.3 is 20.1 Å². The number of carbonyl (C=O) groups is 2. The molecule has 3 saturated heterocycles. The summed E-state index contributed by atoms with van der Waals surface area (Å²) in [7, 11) is 2.05. The van der Waals surface area contributed by atoms with Crippen LogP contribution in [0.3, 0.4) is 0 Å². The van der Waals surface area contributed by atoms with Gasteiger partial charge in [0.15, 0.2) is 0 Å². The van der Waals surface area contributed by atoms with Crippen molar-refractivity contribution in [3.05, 3.63) is 29.3 Å². The molecule has 2 aromatic rings. The molecule has 5 rings (SSSR count). The molecule has 2 bridgehead atoms. The first-order chi connectivity index (χ1) is 14.0. The average Bonchev–Trinajstić information content (AvgIpc) is 3.36. The number of carboxylic acid groups (broad SMARTS) is 1. The van der Waals surface area contributed by atoms with E-state index in [4.69, 9.17) is 5.10 Å². The van der Waals surface area contributed by atoms with E-state index in [1.165, 1.54) is 17.0 Å². The average molecular weight is 417 g/mol. The lowest BCUT2D eigenvalue weighted by atomic mass is 9.74. The Morgan fingerprint density at radius 3 is 2.97 bits per heavy atom. The number of piperidine rings is 3. The molecule has 2 aromatic heterocycles. The maximum atomic E-state index is 12.0. The molecular weight excluding hydrogens is 388 g/mol. The van der Waals surface area contributed by atoms with E-state index in [1.54, 1.807) is 16.2 Å². The number of aliphatic carboxylic acids is 1. The molecular formula is C21H28N4O3S. The molecule has 0 radical (unpaired) electrons. The maximum Gasteiger partial charge on any atom is 0.220 e. The molecule has 8 heteroatoms. The van der Waals surface area contributed by atoms with Crippen molar-refractivity contribution in [1.29, 1.82) is 0 Å². The minimum atomic E-state index is -1.10. The van der Waals surface area contributed by atoms with Crippen molar-refractivity contribution in [3.8, 4) is 10.6 Å². The zero-order valence-electron chi connectivity index (χ0n) is 16.7. The van der Waals surface area contributed by atoms with Crippen molar-refractivity contribution in [2.45, 2.75) is 44.1 Å². The molecule has 0 saturated carbocycles. The number of fused-ring (bicyclic) bond motifs is 3. The van der Waals surface area contributed by atoms with E-state index in [0.29, 0.717) is 30.8 Å². The summed E-state index contributed by atoms with van der Waals surface area (Å²) in [5.74, 6) is -0.0162. The second-order valence-electron chi connectivity index (χ2n) is 8.29. The van der Waals surface area contributed by atoms with Crippen molar-refractivity contribution in [2.75, 3.05) is 19.6 Å². The number of nitrogens with zero attached hydrogens (tertiary/aromatic N) is 2. The van der Waals surface area contributed by atoms with Gasteiger partial charge in [-0.3, -0.25) is 9.48 Å². The molecule has 0 spiro atoms. The van der Waals surface area contributed by atoms with Crippen molar-refractivity contribution in [2.24, 2.45) is 13.0 Å². The molecule has 2 N–H and O–H groups in total. The standard InChI is InChI=1S/C21H28N4O3S/c1-24-18(11-17(23-24)19-4-3-9-29-19)16-13-25-8-7-14(16)10-15(25)12-22-20(26)5-2-6-21(27)28/h3-4,9,11,14-16H,2,5-8,10,12-13H2,1H3,(H,22,26)(H,27,28)/t14-,15+,16-/m0/s1. The van der Waals surface area contributed by atoms with E-state index >= 15 is 0 Å². The highest BCUT2D eigenvalue weighted by atomic mass is 32.1. The van der Waals surface area contributed by atoms with Crippen LogP contribution < -0.4 is 15.3 Å². The molecule has 0 aromatic carbocycles. The Kier molecular flexibility index (Phi) is 6.01. The first kappa shape index (κ1) is 20.1. The highest BCUT2D eigenvalue weighted by Gasteiger charge is 2.45.